The average molecular weight is 279 g/mol. The molecule has 96 valence electrons. The van der Waals surface area contributed by atoms with Crippen molar-refractivity contribution < 1.29 is 0 Å². The molecule has 1 unspecified atom stereocenters. The van der Waals surface area contributed by atoms with Crippen LogP contribution in [0.3, 0.4) is 0 Å². The van der Waals surface area contributed by atoms with Crippen molar-refractivity contribution >= 4 is 23.1 Å². The molecule has 0 spiro atoms. The van der Waals surface area contributed by atoms with Crippen LogP contribution in [0, 0.1) is 13.8 Å². The molecule has 0 fully saturated rings. The van der Waals surface area contributed by atoms with Crippen LogP contribution in [0.15, 0.2) is 28.0 Å². The largest absolute Gasteiger partial charge is 0.312 e. The molecule has 2 aromatic rings. The summed E-state index contributed by atoms with van der Waals surface area (Å²) in [6, 6.07) is 6.99. The number of aromatic nitrogens is 2. The van der Waals surface area contributed by atoms with Gasteiger partial charge in [0.15, 0.2) is 4.34 Å². The van der Waals surface area contributed by atoms with E-state index in [4.69, 9.17) is 0 Å². The topological polar surface area (TPSA) is 37.8 Å². The van der Waals surface area contributed by atoms with Crippen LogP contribution in [0.2, 0.25) is 0 Å². The molecule has 5 heteroatoms. The average Bonchev–Trinajstić information content (AvgIpc) is 2.87. The van der Waals surface area contributed by atoms with Crippen molar-refractivity contribution in [3.05, 3.63) is 40.4 Å². The molecule has 2 rings (SSSR count). The summed E-state index contributed by atoms with van der Waals surface area (Å²) in [7, 11) is 2.00. The lowest BCUT2D eigenvalue weighted by Gasteiger charge is -2.16. The molecule has 0 saturated heterocycles. The fourth-order valence-corrected chi connectivity index (χ4v) is 3.37. The number of hydrogen-bond acceptors (Lipinski definition) is 5. The highest BCUT2D eigenvalue weighted by molar-refractivity contribution is 8.01. The molecule has 0 aliphatic heterocycles. The normalized spacial score (nSPS) is 12.6. The Kier molecular flexibility index (Phi) is 4.74. The first kappa shape index (κ1) is 13.5. The quantitative estimate of drug-likeness (QED) is 0.853. The zero-order chi connectivity index (χ0) is 13.0. The third-order valence-corrected chi connectivity index (χ3v) is 4.95. The molecule has 1 atom stereocenters. The van der Waals surface area contributed by atoms with Gasteiger partial charge in [-0.25, -0.2) is 0 Å². The number of thioether (sulfide) groups is 1. The van der Waals surface area contributed by atoms with Crippen molar-refractivity contribution in [3.63, 3.8) is 0 Å². The Morgan fingerprint density at radius 2 is 2.17 bits per heavy atom. The smallest absolute Gasteiger partial charge is 0.174 e. The molecule has 3 nitrogen and oxygen atoms in total. The predicted molar refractivity (Wildman–Crippen MR) is 78.3 cm³/mol. The maximum absolute atomic E-state index is 4.05. The molecule has 1 aromatic heterocycles. The Bertz CT molecular complexity index is 497. The zero-order valence-corrected chi connectivity index (χ0v) is 12.4. The lowest BCUT2D eigenvalue weighted by atomic mass is 10.0. The van der Waals surface area contributed by atoms with E-state index in [0.29, 0.717) is 6.04 Å². The fourth-order valence-electron chi connectivity index (χ4n) is 1.71. The predicted octanol–water partition coefficient (Wildman–Crippen LogP) is 3.21. The maximum atomic E-state index is 4.05. The highest BCUT2D eigenvalue weighted by atomic mass is 32.2. The monoisotopic (exact) mass is 279 g/mol. The van der Waals surface area contributed by atoms with Gasteiger partial charge in [0, 0.05) is 11.8 Å². The van der Waals surface area contributed by atoms with Crippen LogP contribution < -0.4 is 5.32 Å². The van der Waals surface area contributed by atoms with Crippen molar-refractivity contribution in [1.82, 2.24) is 15.5 Å². The molecule has 1 aromatic carbocycles. The highest BCUT2D eigenvalue weighted by Crippen LogP contribution is 2.26. The second-order valence-corrected chi connectivity index (χ2v) is 6.30. The van der Waals surface area contributed by atoms with E-state index in [1.165, 1.54) is 16.7 Å². The molecule has 0 bridgehead atoms. The van der Waals surface area contributed by atoms with Gasteiger partial charge >= 0.3 is 0 Å². The van der Waals surface area contributed by atoms with Gasteiger partial charge in [-0.3, -0.25) is 0 Å². The summed E-state index contributed by atoms with van der Waals surface area (Å²) in [4.78, 5) is 0. The van der Waals surface area contributed by atoms with Gasteiger partial charge < -0.3 is 5.32 Å². The molecule has 0 aliphatic carbocycles. The van der Waals surface area contributed by atoms with Crippen molar-refractivity contribution in [2.75, 3.05) is 12.8 Å². The van der Waals surface area contributed by atoms with Gasteiger partial charge in [0.25, 0.3) is 0 Å². The Morgan fingerprint density at radius 3 is 2.78 bits per heavy atom. The highest BCUT2D eigenvalue weighted by Gasteiger charge is 2.11. The first-order chi connectivity index (χ1) is 8.70. The third kappa shape index (κ3) is 3.31. The van der Waals surface area contributed by atoms with E-state index in [1.807, 2.05) is 7.05 Å². The number of aryl methyl sites for hydroxylation is 2. The van der Waals surface area contributed by atoms with Gasteiger partial charge in [-0.05, 0) is 37.6 Å². The van der Waals surface area contributed by atoms with Gasteiger partial charge in [0.1, 0.15) is 5.51 Å². The second-order valence-electron chi connectivity index (χ2n) is 4.20. The number of nitrogens with zero attached hydrogens (tertiary/aromatic N) is 2. The molecule has 0 aliphatic rings. The summed E-state index contributed by atoms with van der Waals surface area (Å²) >= 11 is 3.34. The van der Waals surface area contributed by atoms with E-state index < -0.39 is 0 Å². The zero-order valence-electron chi connectivity index (χ0n) is 10.8. The van der Waals surface area contributed by atoms with Crippen LogP contribution >= 0.6 is 23.1 Å². The van der Waals surface area contributed by atoms with Crippen LogP contribution in [-0.2, 0) is 0 Å². The van der Waals surface area contributed by atoms with Crippen LogP contribution in [0.25, 0.3) is 0 Å². The van der Waals surface area contributed by atoms with Gasteiger partial charge in [0.05, 0.1) is 0 Å². The Morgan fingerprint density at radius 1 is 1.33 bits per heavy atom. The van der Waals surface area contributed by atoms with Crippen molar-refractivity contribution in [2.24, 2.45) is 0 Å². The van der Waals surface area contributed by atoms with E-state index in [-0.39, 0.29) is 0 Å². The van der Waals surface area contributed by atoms with Crippen LogP contribution in [0.1, 0.15) is 22.7 Å². The lowest BCUT2D eigenvalue weighted by molar-refractivity contribution is 0.661. The molecule has 1 heterocycles. The summed E-state index contributed by atoms with van der Waals surface area (Å²) in [6.07, 6.45) is 0. The maximum Gasteiger partial charge on any atom is 0.174 e. The number of benzene rings is 1. The van der Waals surface area contributed by atoms with Gasteiger partial charge in [-0.15, -0.1) is 10.2 Å². The minimum atomic E-state index is 0.346. The van der Waals surface area contributed by atoms with Crippen molar-refractivity contribution in [1.29, 1.82) is 0 Å². The molecule has 0 radical (unpaired) electrons. The standard InChI is InChI=1S/C13H17N3S2/c1-9-4-5-11(6-10(9)2)12(14-3)7-17-13-16-15-8-18-13/h4-6,8,12,14H,7H2,1-3H3. The Hall–Kier alpha value is -0.910. The van der Waals surface area contributed by atoms with Gasteiger partial charge in [-0.2, -0.15) is 0 Å². The Labute approximate surface area is 116 Å². The first-order valence-electron chi connectivity index (χ1n) is 5.84. The van der Waals surface area contributed by atoms with Crippen molar-refractivity contribution in [2.45, 2.75) is 24.2 Å². The summed E-state index contributed by atoms with van der Waals surface area (Å²) in [5.41, 5.74) is 5.78. The third-order valence-electron chi connectivity index (χ3n) is 3.00. The van der Waals surface area contributed by atoms with Crippen LogP contribution in [0.4, 0.5) is 0 Å². The summed E-state index contributed by atoms with van der Waals surface area (Å²) in [6.45, 7) is 4.30. The minimum absolute atomic E-state index is 0.346. The number of hydrogen-bond donors (Lipinski definition) is 1. The fraction of sp³-hybridized carbons (Fsp3) is 0.385. The molecule has 1 N–H and O–H groups in total. The van der Waals surface area contributed by atoms with E-state index in [9.17, 15) is 0 Å². The minimum Gasteiger partial charge on any atom is -0.312 e. The molecule has 0 amide bonds. The lowest BCUT2D eigenvalue weighted by Crippen LogP contribution is -2.18. The number of nitrogens with one attached hydrogen (secondary N) is 1. The summed E-state index contributed by atoms with van der Waals surface area (Å²) < 4.78 is 1.03. The van der Waals surface area contributed by atoms with Gasteiger partial charge in [0.2, 0.25) is 0 Å². The van der Waals surface area contributed by atoms with Crippen LogP contribution in [0.5, 0.6) is 0 Å². The van der Waals surface area contributed by atoms with E-state index >= 15 is 0 Å². The van der Waals surface area contributed by atoms with Crippen molar-refractivity contribution in [3.8, 4) is 0 Å². The molecule has 0 saturated carbocycles. The SMILES string of the molecule is CNC(CSc1nncs1)c1ccc(C)c(C)c1. The molecule has 18 heavy (non-hydrogen) atoms. The molecular weight excluding hydrogens is 262 g/mol. The summed E-state index contributed by atoms with van der Waals surface area (Å²) in [5.74, 6) is 0.966. The van der Waals surface area contributed by atoms with E-state index in [0.717, 1.165) is 10.1 Å². The van der Waals surface area contributed by atoms with E-state index in [2.05, 4.69) is 47.6 Å². The number of rotatable bonds is 5. The van der Waals surface area contributed by atoms with E-state index in [1.54, 1.807) is 28.6 Å². The van der Waals surface area contributed by atoms with Gasteiger partial charge in [-0.1, -0.05) is 41.3 Å². The Balaban J connectivity index is 2.05. The first-order valence-corrected chi connectivity index (χ1v) is 7.70. The second kappa shape index (κ2) is 6.31. The van der Waals surface area contributed by atoms with Crippen LogP contribution in [-0.4, -0.2) is 23.0 Å². The summed E-state index contributed by atoms with van der Waals surface area (Å²) in [5, 5.41) is 11.3. The molecular formula is C13H17N3S2.